The van der Waals surface area contributed by atoms with E-state index in [1.54, 1.807) is 21.3 Å². The van der Waals surface area contributed by atoms with Crippen LogP contribution in [0.2, 0.25) is 0 Å². The van der Waals surface area contributed by atoms with Crippen LogP contribution in [-0.4, -0.2) is 26.3 Å². The third-order valence-electron chi connectivity index (χ3n) is 4.24. The van der Waals surface area contributed by atoms with Gasteiger partial charge in [0.15, 0.2) is 11.5 Å². The summed E-state index contributed by atoms with van der Waals surface area (Å²) < 4.78 is 16.5. The molecule has 0 aliphatic heterocycles. The molecule has 2 aromatic carbocycles. The molecule has 0 aliphatic rings. The molecule has 1 heterocycles. The number of fused-ring (bicyclic) bond motifs is 3. The van der Waals surface area contributed by atoms with Gasteiger partial charge in [-0.25, -0.2) is 0 Å². The molecule has 3 rings (SSSR count). The Hall–Kier alpha value is -2.87. The topological polar surface area (TPSA) is 67.3 Å². The third-order valence-corrected chi connectivity index (χ3v) is 4.24. The molecule has 0 bridgehead atoms. The van der Waals surface area contributed by atoms with Crippen molar-refractivity contribution in [1.29, 1.82) is 5.26 Å². The number of aromatic nitrogens is 1. The number of hydrogen-bond donors (Lipinski definition) is 1. The van der Waals surface area contributed by atoms with Crippen molar-refractivity contribution < 1.29 is 14.2 Å². The second kappa shape index (κ2) is 5.40. The summed E-state index contributed by atoms with van der Waals surface area (Å²) in [5.41, 5.74) is 4.47. The SMILES string of the molecule is COc1cc2[nH]c3c(C)cc(C#N)c(C)c3c2c(OC)c1OC. The van der Waals surface area contributed by atoms with Gasteiger partial charge in [-0.3, -0.25) is 0 Å². The zero-order chi connectivity index (χ0) is 16.7. The number of hydrogen-bond acceptors (Lipinski definition) is 4. The van der Waals surface area contributed by atoms with Crippen LogP contribution in [0.25, 0.3) is 21.8 Å². The molecule has 3 aromatic rings. The van der Waals surface area contributed by atoms with E-state index in [0.29, 0.717) is 22.8 Å². The van der Waals surface area contributed by atoms with Gasteiger partial charge in [-0.05, 0) is 31.0 Å². The van der Waals surface area contributed by atoms with E-state index in [1.165, 1.54) is 0 Å². The zero-order valence-electron chi connectivity index (χ0n) is 13.8. The number of aromatic amines is 1. The number of rotatable bonds is 3. The fourth-order valence-electron chi connectivity index (χ4n) is 3.14. The molecule has 0 atom stereocenters. The molecule has 23 heavy (non-hydrogen) atoms. The molecule has 5 heteroatoms. The minimum Gasteiger partial charge on any atom is -0.493 e. The maximum atomic E-state index is 9.39. The molecular formula is C18H18N2O3. The van der Waals surface area contributed by atoms with Gasteiger partial charge in [0.25, 0.3) is 0 Å². The van der Waals surface area contributed by atoms with Crippen molar-refractivity contribution >= 4 is 21.8 Å². The van der Waals surface area contributed by atoms with Crippen LogP contribution >= 0.6 is 0 Å². The fraction of sp³-hybridized carbons (Fsp3) is 0.278. The second-order valence-corrected chi connectivity index (χ2v) is 5.42. The molecule has 118 valence electrons. The molecule has 1 aromatic heterocycles. The van der Waals surface area contributed by atoms with Gasteiger partial charge in [0.1, 0.15) is 0 Å². The lowest BCUT2D eigenvalue weighted by atomic mass is 9.98. The Kier molecular flexibility index (Phi) is 3.53. The van der Waals surface area contributed by atoms with Crippen LogP contribution in [0.1, 0.15) is 16.7 Å². The van der Waals surface area contributed by atoms with E-state index >= 15 is 0 Å². The molecule has 0 unspecified atom stereocenters. The summed E-state index contributed by atoms with van der Waals surface area (Å²) in [6, 6.07) is 6.05. The van der Waals surface area contributed by atoms with E-state index < -0.39 is 0 Å². The summed E-state index contributed by atoms with van der Waals surface area (Å²) in [7, 11) is 4.78. The van der Waals surface area contributed by atoms with Gasteiger partial charge in [-0.2, -0.15) is 5.26 Å². The van der Waals surface area contributed by atoms with Crippen LogP contribution < -0.4 is 14.2 Å². The Morgan fingerprint density at radius 2 is 1.65 bits per heavy atom. The molecule has 0 spiro atoms. The molecule has 0 aliphatic carbocycles. The number of nitriles is 1. The van der Waals surface area contributed by atoms with E-state index in [0.717, 1.165) is 32.9 Å². The minimum atomic E-state index is 0.544. The molecular weight excluding hydrogens is 292 g/mol. The number of H-pyrrole nitrogens is 1. The van der Waals surface area contributed by atoms with Crippen LogP contribution in [0.3, 0.4) is 0 Å². The van der Waals surface area contributed by atoms with E-state index in [4.69, 9.17) is 14.2 Å². The van der Waals surface area contributed by atoms with E-state index in [2.05, 4.69) is 11.1 Å². The first-order chi connectivity index (χ1) is 11.1. The van der Waals surface area contributed by atoms with Crippen LogP contribution in [0.15, 0.2) is 12.1 Å². The average Bonchev–Trinajstić information content (AvgIpc) is 2.95. The second-order valence-electron chi connectivity index (χ2n) is 5.42. The highest BCUT2D eigenvalue weighted by atomic mass is 16.5. The summed E-state index contributed by atoms with van der Waals surface area (Å²) in [6.45, 7) is 3.93. The highest BCUT2D eigenvalue weighted by Gasteiger charge is 2.22. The Morgan fingerprint density at radius 1 is 0.957 bits per heavy atom. The standard InChI is InChI=1S/C18H18N2O3/c1-9-6-11(8-19)10(2)14-15-12(20-16(9)14)7-13(21-3)17(22-4)18(15)23-5/h6-7,20H,1-5H3. The lowest BCUT2D eigenvalue weighted by Gasteiger charge is -2.13. The van der Waals surface area contributed by atoms with Gasteiger partial charge in [0.05, 0.1) is 43.9 Å². The summed E-state index contributed by atoms with van der Waals surface area (Å²) in [5, 5.41) is 11.3. The molecule has 0 saturated carbocycles. The number of nitrogens with zero attached hydrogens (tertiary/aromatic N) is 1. The van der Waals surface area contributed by atoms with Crippen LogP contribution in [0, 0.1) is 25.2 Å². The average molecular weight is 310 g/mol. The maximum absolute atomic E-state index is 9.39. The fourth-order valence-corrected chi connectivity index (χ4v) is 3.14. The number of benzene rings is 2. The number of nitrogens with one attached hydrogen (secondary N) is 1. The van der Waals surface area contributed by atoms with Crippen molar-refractivity contribution in [1.82, 2.24) is 4.98 Å². The van der Waals surface area contributed by atoms with Gasteiger partial charge in [0, 0.05) is 17.0 Å². The first-order valence-corrected chi connectivity index (χ1v) is 7.22. The molecule has 0 fully saturated rings. The van der Waals surface area contributed by atoms with Crippen LogP contribution in [-0.2, 0) is 0 Å². The Morgan fingerprint density at radius 3 is 2.22 bits per heavy atom. The lowest BCUT2D eigenvalue weighted by molar-refractivity contribution is 0.327. The first kappa shape index (κ1) is 15.0. The van der Waals surface area contributed by atoms with Crippen molar-refractivity contribution in [3.63, 3.8) is 0 Å². The van der Waals surface area contributed by atoms with Gasteiger partial charge >= 0.3 is 0 Å². The Bertz CT molecular complexity index is 964. The molecule has 5 nitrogen and oxygen atoms in total. The lowest BCUT2D eigenvalue weighted by Crippen LogP contribution is -1.95. The van der Waals surface area contributed by atoms with Crippen LogP contribution in [0.5, 0.6) is 17.2 Å². The molecule has 0 saturated heterocycles. The molecule has 0 radical (unpaired) electrons. The number of aryl methyl sites for hydroxylation is 2. The predicted molar refractivity (Wildman–Crippen MR) is 89.6 cm³/mol. The van der Waals surface area contributed by atoms with Gasteiger partial charge in [-0.15, -0.1) is 0 Å². The smallest absolute Gasteiger partial charge is 0.204 e. The highest BCUT2D eigenvalue weighted by Crippen LogP contribution is 2.47. The Labute approximate surface area is 134 Å². The maximum Gasteiger partial charge on any atom is 0.204 e. The largest absolute Gasteiger partial charge is 0.493 e. The summed E-state index contributed by atoms with van der Waals surface area (Å²) in [6.07, 6.45) is 0. The van der Waals surface area contributed by atoms with Crippen LogP contribution in [0.4, 0.5) is 0 Å². The monoisotopic (exact) mass is 310 g/mol. The van der Waals surface area contributed by atoms with Gasteiger partial charge in [0.2, 0.25) is 5.75 Å². The quantitative estimate of drug-likeness (QED) is 0.798. The minimum absolute atomic E-state index is 0.544. The zero-order valence-corrected chi connectivity index (χ0v) is 13.8. The summed E-state index contributed by atoms with van der Waals surface area (Å²) >= 11 is 0. The number of ether oxygens (including phenoxy) is 3. The van der Waals surface area contributed by atoms with E-state index in [1.807, 2.05) is 26.0 Å². The van der Waals surface area contributed by atoms with Gasteiger partial charge < -0.3 is 19.2 Å². The van der Waals surface area contributed by atoms with Crippen molar-refractivity contribution in [2.45, 2.75) is 13.8 Å². The Balaban J connectivity index is 2.61. The first-order valence-electron chi connectivity index (χ1n) is 7.22. The van der Waals surface area contributed by atoms with Gasteiger partial charge in [-0.1, -0.05) is 0 Å². The van der Waals surface area contributed by atoms with Crippen molar-refractivity contribution in [3.05, 3.63) is 28.8 Å². The summed E-state index contributed by atoms with van der Waals surface area (Å²) in [5.74, 6) is 1.74. The van der Waals surface area contributed by atoms with Crippen molar-refractivity contribution in [2.75, 3.05) is 21.3 Å². The predicted octanol–water partition coefficient (Wildman–Crippen LogP) is 3.84. The van der Waals surface area contributed by atoms with E-state index in [9.17, 15) is 5.26 Å². The normalized spacial score (nSPS) is 10.8. The van der Waals surface area contributed by atoms with Crippen molar-refractivity contribution in [3.8, 4) is 23.3 Å². The van der Waals surface area contributed by atoms with Crippen molar-refractivity contribution in [2.24, 2.45) is 0 Å². The third kappa shape index (κ3) is 1.99. The molecule has 1 N–H and O–H groups in total. The van der Waals surface area contributed by atoms with E-state index in [-0.39, 0.29) is 0 Å². The highest BCUT2D eigenvalue weighted by molar-refractivity contribution is 6.14. The summed E-state index contributed by atoms with van der Waals surface area (Å²) in [4.78, 5) is 3.41. The number of methoxy groups -OCH3 is 3. The molecule has 0 amide bonds.